The summed E-state index contributed by atoms with van der Waals surface area (Å²) in [5.74, 6) is 0.119. The summed E-state index contributed by atoms with van der Waals surface area (Å²) in [5, 5.41) is 1.86. The molecule has 1 amide bonds. The van der Waals surface area contributed by atoms with E-state index in [1.807, 2.05) is 10.3 Å². The Labute approximate surface area is 131 Å². The monoisotopic (exact) mass is 307 g/mol. The first-order chi connectivity index (χ1) is 10.2. The van der Waals surface area contributed by atoms with Crippen molar-refractivity contribution in [3.8, 4) is 0 Å². The highest BCUT2D eigenvalue weighted by Gasteiger charge is 2.46. The fourth-order valence-electron chi connectivity index (χ4n) is 3.87. The molecule has 5 heteroatoms. The van der Waals surface area contributed by atoms with E-state index >= 15 is 0 Å². The van der Waals surface area contributed by atoms with Gasteiger partial charge in [0.05, 0.1) is 5.51 Å². The molecule has 0 aliphatic carbocycles. The van der Waals surface area contributed by atoms with E-state index in [0.717, 1.165) is 19.5 Å². The summed E-state index contributed by atoms with van der Waals surface area (Å²) in [6, 6.07) is 0. The van der Waals surface area contributed by atoms with Crippen LogP contribution in [0.15, 0.2) is 10.9 Å². The molecule has 0 bridgehead atoms. The van der Waals surface area contributed by atoms with Gasteiger partial charge in [0.1, 0.15) is 5.69 Å². The second kappa shape index (κ2) is 6.44. The zero-order chi connectivity index (χ0) is 14.7. The van der Waals surface area contributed by atoms with Crippen LogP contribution in [0.25, 0.3) is 0 Å². The van der Waals surface area contributed by atoms with Crippen molar-refractivity contribution >= 4 is 17.2 Å². The van der Waals surface area contributed by atoms with Crippen LogP contribution in [0, 0.1) is 0 Å². The average molecular weight is 307 g/mol. The van der Waals surface area contributed by atoms with Gasteiger partial charge in [-0.15, -0.1) is 11.3 Å². The highest BCUT2D eigenvalue weighted by molar-refractivity contribution is 7.07. The van der Waals surface area contributed by atoms with Gasteiger partial charge in [-0.05, 0) is 38.8 Å². The average Bonchev–Trinajstić information content (AvgIpc) is 3.22. The number of aromatic nitrogens is 1. The quantitative estimate of drug-likeness (QED) is 0.785. The van der Waals surface area contributed by atoms with E-state index in [-0.39, 0.29) is 11.4 Å². The molecule has 1 spiro atoms. The van der Waals surface area contributed by atoms with Crippen LogP contribution in [0.5, 0.6) is 0 Å². The Morgan fingerprint density at radius 1 is 1.38 bits per heavy atom. The van der Waals surface area contributed by atoms with Crippen LogP contribution in [-0.2, 0) is 0 Å². The van der Waals surface area contributed by atoms with Crippen LogP contribution in [0.2, 0.25) is 0 Å². The van der Waals surface area contributed by atoms with Gasteiger partial charge in [0.25, 0.3) is 5.91 Å². The smallest absolute Gasteiger partial charge is 0.273 e. The maximum absolute atomic E-state index is 12.5. The zero-order valence-corrected chi connectivity index (χ0v) is 13.7. The van der Waals surface area contributed by atoms with E-state index in [1.54, 1.807) is 5.51 Å². The minimum atomic E-state index is 0.119. The van der Waals surface area contributed by atoms with Gasteiger partial charge >= 0.3 is 0 Å². The molecule has 1 unspecified atom stereocenters. The van der Waals surface area contributed by atoms with Crippen LogP contribution in [-0.4, -0.2) is 52.4 Å². The van der Waals surface area contributed by atoms with Crippen molar-refractivity contribution in [2.24, 2.45) is 0 Å². The number of nitrogens with zero attached hydrogens (tertiary/aromatic N) is 3. The first-order valence-electron chi connectivity index (χ1n) is 8.18. The van der Waals surface area contributed by atoms with E-state index in [1.165, 1.54) is 56.5 Å². The van der Waals surface area contributed by atoms with Crippen LogP contribution in [0.3, 0.4) is 0 Å². The van der Waals surface area contributed by atoms with Gasteiger partial charge < -0.3 is 4.90 Å². The maximum Gasteiger partial charge on any atom is 0.273 e. The van der Waals surface area contributed by atoms with Crippen molar-refractivity contribution in [1.82, 2.24) is 14.8 Å². The van der Waals surface area contributed by atoms with Crippen molar-refractivity contribution in [2.45, 2.75) is 51.0 Å². The number of thiazole rings is 1. The fraction of sp³-hybridized carbons (Fsp3) is 0.750. The summed E-state index contributed by atoms with van der Waals surface area (Å²) in [6.45, 7) is 6.45. The van der Waals surface area contributed by atoms with Crippen molar-refractivity contribution < 1.29 is 4.79 Å². The second-order valence-corrected chi connectivity index (χ2v) is 7.09. The number of rotatable bonds is 5. The molecule has 2 aliphatic rings. The number of amides is 1. The summed E-state index contributed by atoms with van der Waals surface area (Å²) in [4.78, 5) is 21.3. The Kier molecular flexibility index (Phi) is 4.60. The molecule has 0 aromatic carbocycles. The van der Waals surface area contributed by atoms with Crippen LogP contribution in [0.4, 0.5) is 0 Å². The van der Waals surface area contributed by atoms with Gasteiger partial charge in [0, 0.05) is 24.0 Å². The molecule has 3 rings (SSSR count). The molecule has 2 aliphatic heterocycles. The van der Waals surface area contributed by atoms with Gasteiger partial charge in [-0.3, -0.25) is 9.69 Å². The molecule has 2 saturated heterocycles. The van der Waals surface area contributed by atoms with Crippen molar-refractivity contribution in [1.29, 1.82) is 0 Å². The Morgan fingerprint density at radius 2 is 2.29 bits per heavy atom. The van der Waals surface area contributed by atoms with E-state index in [9.17, 15) is 4.79 Å². The third-order valence-electron chi connectivity index (χ3n) is 5.04. The largest absolute Gasteiger partial charge is 0.335 e. The molecule has 2 fully saturated rings. The van der Waals surface area contributed by atoms with E-state index in [4.69, 9.17) is 0 Å². The Hall–Kier alpha value is -0.940. The van der Waals surface area contributed by atoms with Gasteiger partial charge in [0.15, 0.2) is 0 Å². The van der Waals surface area contributed by atoms with Crippen molar-refractivity contribution in [3.63, 3.8) is 0 Å². The van der Waals surface area contributed by atoms with E-state index in [0.29, 0.717) is 5.69 Å². The first-order valence-corrected chi connectivity index (χ1v) is 9.12. The lowest BCUT2D eigenvalue weighted by molar-refractivity contribution is 0.0741. The van der Waals surface area contributed by atoms with Crippen LogP contribution >= 0.6 is 11.3 Å². The minimum absolute atomic E-state index is 0.119. The summed E-state index contributed by atoms with van der Waals surface area (Å²) >= 11 is 1.50. The topological polar surface area (TPSA) is 36.4 Å². The highest BCUT2D eigenvalue weighted by Crippen LogP contribution is 2.38. The number of carbonyl (C=O) groups is 1. The third kappa shape index (κ3) is 2.99. The highest BCUT2D eigenvalue weighted by atomic mass is 32.1. The molecule has 3 heterocycles. The van der Waals surface area contributed by atoms with Gasteiger partial charge in [-0.25, -0.2) is 4.98 Å². The molecule has 0 radical (unpaired) electrons. The standard InChI is InChI=1S/C16H25N3OS/c1-2-3-4-8-19-9-5-6-16(19)7-10-18(12-16)15(20)14-11-21-13-17-14/h11,13H,2-10,12H2,1H3. The Morgan fingerprint density at radius 3 is 3.05 bits per heavy atom. The summed E-state index contributed by atoms with van der Waals surface area (Å²) in [6.07, 6.45) is 7.54. The molecule has 116 valence electrons. The molecule has 4 nitrogen and oxygen atoms in total. The predicted octanol–water partition coefficient (Wildman–Crippen LogP) is 3.01. The molecule has 21 heavy (non-hydrogen) atoms. The van der Waals surface area contributed by atoms with E-state index in [2.05, 4.69) is 16.8 Å². The van der Waals surface area contributed by atoms with Crippen LogP contribution in [0.1, 0.15) is 55.9 Å². The zero-order valence-electron chi connectivity index (χ0n) is 12.9. The van der Waals surface area contributed by atoms with Gasteiger partial charge in [-0.1, -0.05) is 19.8 Å². The number of carbonyl (C=O) groups excluding carboxylic acids is 1. The Bertz CT molecular complexity index is 476. The molecule has 1 atom stereocenters. The van der Waals surface area contributed by atoms with Crippen LogP contribution < -0.4 is 0 Å². The lowest BCUT2D eigenvalue weighted by Gasteiger charge is -2.35. The number of likely N-dealkylation sites (tertiary alicyclic amines) is 2. The Balaban J connectivity index is 1.63. The second-order valence-electron chi connectivity index (χ2n) is 6.37. The third-order valence-corrected chi connectivity index (χ3v) is 5.63. The molecular formula is C16H25N3OS. The molecule has 0 N–H and O–H groups in total. The van der Waals surface area contributed by atoms with Gasteiger partial charge in [-0.2, -0.15) is 0 Å². The number of hydrogen-bond acceptors (Lipinski definition) is 4. The SMILES string of the molecule is CCCCCN1CCCC12CCN(C(=O)c1cscn1)C2. The normalized spacial score (nSPS) is 26.0. The molecular weight excluding hydrogens is 282 g/mol. The first kappa shape index (κ1) is 15.0. The minimum Gasteiger partial charge on any atom is -0.335 e. The number of unbranched alkanes of at least 4 members (excludes halogenated alkanes) is 2. The van der Waals surface area contributed by atoms with Gasteiger partial charge in [0.2, 0.25) is 0 Å². The van der Waals surface area contributed by atoms with Crippen molar-refractivity contribution in [3.05, 3.63) is 16.6 Å². The lowest BCUT2D eigenvalue weighted by atomic mass is 9.95. The lowest BCUT2D eigenvalue weighted by Crippen LogP contribution is -2.47. The summed E-state index contributed by atoms with van der Waals surface area (Å²) < 4.78 is 0. The van der Waals surface area contributed by atoms with Crippen molar-refractivity contribution in [2.75, 3.05) is 26.2 Å². The molecule has 1 aromatic rings. The predicted molar refractivity (Wildman–Crippen MR) is 85.7 cm³/mol. The summed E-state index contributed by atoms with van der Waals surface area (Å²) in [5.41, 5.74) is 2.62. The summed E-state index contributed by atoms with van der Waals surface area (Å²) in [7, 11) is 0. The number of hydrogen-bond donors (Lipinski definition) is 0. The van der Waals surface area contributed by atoms with E-state index < -0.39 is 0 Å². The molecule has 0 saturated carbocycles. The maximum atomic E-state index is 12.5. The fourth-order valence-corrected chi connectivity index (χ4v) is 4.39. The molecule has 1 aromatic heterocycles.